The van der Waals surface area contributed by atoms with Crippen LogP contribution in [0.2, 0.25) is 0 Å². The zero-order valence-corrected chi connectivity index (χ0v) is 18.0. The summed E-state index contributed by atoms with van der Waals surface area (Å²) in [6, 6.07) is 0. The first kappa shape index (κ1) is 19.5. The summed E-state index contributed by atoms with van der Waals surface area (Å²) in [4.78, 5) is 0. The molecule has 1 aliphatic heterocycles. The summed E-state index contributed by atoms with van der Waals surface area (Å²) in [5.74, 6) is 1.23. The van der Waals surface area contributed by atoms with Crippen molar-refractivity contribution in [2.45, 2.75) is 90.1 Å². The maximum absolute atomic E-state index is 11.9. The summed E-state index contributed by atoms with van der Waals surface area (Å²) < 4.78 is 12.2. The Balaban J connectivity index is 1.54. The van der Waals surface area contributed by atoms with Crippen molar-refractivity contribution in [3.63, 3.8) is 0 Å². The number of ether oxygens (including phenoxy) is 2. The minimum absolute atomic E-state index is 0.0231. The molecule has 3 saturated carbocycles. The molecular weight excluding hydrogens is 352 g/mol. The van der Waals surface area contributed by atoms with Gasteiger partial charge in [0.25, 0.3) is 0 Å². The molecule has 0 amide bonds. The minimum Gasteiger partial charge on any atom is -0.393 e. The van der Waals surface area contributed by atoms with E-state index in [1.54, 1.807) is 0 Å². The number of aliphatic hydroxyl groups is 2. The van der Waals surface area contributed by atoms with Crippen LogP contribution in [0.1, 0.15) is 72.6 Å². The fraction of sp³-hybridized carbons (Fsp3) is 0.917. The molecule has 1 saturated heterocycles. The lowest BCUT2D eigenvalue weighted by Crippen LogP contribution is -2.62. The number of allylic oxidation sites excluding steroid dienone is 1. The van der Waals surface area contributed by atoms with Crippen molar-refractivity contribution in [2.24, 2.45) is 34.5 Å². The van der Waals surface area contributed by atoms with E-state index in [9.17, 15) is 10.2 Å². The molecule has 5 aliphatic rings. The lowest BCUT2D eigenvalue weighted by Gasteiger charge is -2.63. The Bertz CT molecular complexity index is 678. The SMILES string of the molecule is CC1(C2CCC3C4CC=C5CC(O)CCC5(C)C4[C@@](C)(O)C[C@@]32C)OCCO1. The van der Waals surface area contributed by atoms with Crippen molar-refractivity contribution in [1.82, 2.24) is 0 Å². The summed E-state index contributed by atoms with van der Waals surface area (Å²) in [5, 5.41) is 22.2. The molecule has 0 radical (unpaired) electrons. The molecular formula is C24H38O4. The smallest absolute Gasteiger partial charge is 0.169 e. The van der Waals surface area contributed by atoms with E-state index in [1.165, 1.54) is 12.0 Å². The van der Waals surface area contributed by atoms with Gasteiger partial charge in [-0.05, 0) is 87.4 Å². The van der Waals surface area contributed by atoms with E-state index in [1.807, 2.05) is 0 Å². The molecule has 4 fully saturated rings. The van der Waals surface area contributed by atoms with E-state index in [0.717, 1.165) is 38.5 Å². The number of hydrogen-bond acceptors (Lipinski definition) is 4. The van der Waals surface area contributed by atoms with Gasteiger partial charge in [-0.25, -0.2) is 0 Å². The van der Waals surface area contributed by atoms with Gasteiger partial charge in [0, 0.05) is 5.92 Å². The van der Waals surface area contributed by atoms with Crippen molar-refractivity contribution in [2.75, 3.05) is 13.2 Å². The standard InChI is InChI=1S/C24H38O4/c1-21-10-9-16(25)13-15(21)5-6-17-18-7-8-19(24(4)27-11-12-28-24)22(18,2)14-23(3,26)20(17)21/h5,16-20,25-26H,6-14H2,1-4H3/t16?,17?,18?,19?,20?,21?,22-,23-/m0/s1. The van der Waals surface area contributed by atoms with Gasteiger partial charge < -0.3 is 19.7 Å². The highest BCUT2D eigenvalue weighted by atomic mass is 16.7. The highest BCUT2D eigenvalue weighted by Crippen LogP contribution is 2.70. The number of hydrogen-bond donors (Lipinski definition) is 2. The molecule has 1 heterocycles. The average molecular weight is 391 g/mol. The maximum atomic E-state index is 11.9. The molecule has 4 nitrogen and oxygen atoms in total. The first-order valence-electron chi connectivity index (χ1n) is 11.5. The molecule has 0 bridgehead atoms. The van der Waals surface area contributed by atoms with E-state index < -0.39 is 11.4 Å². The Morgan fingerprint density at radius 3 is 2.46 bits per heavy atom. The normalized spacial score (nSPS) is 55.2. The summed E-state index contributed by atoms with van der Waals surface area (Å²) in [7, 11) is 0. The van der Waals surface area contributed by atoms with Crippen LogP contribution in [0.15, 0.2) is 11.6 Å². The van der Waals surface area contributed by atoms with Crippen molar-refractivity contribution in [3.8, 4) is 0 Å². The monoisotopic (exact) mass is 390 g/mol. The molecule has 0 spiro atoms. The second kappa shape index (κ2) is 6.06. The molecule has 0 aromatic rings. The number of fused-ring (bicyclic) bond motifs is 5. The summed E-state index contributed by atoms with van der Waals surface area (Å²) in [6.45, 7) is 10.4. The molecule has 6 unspecified atom stereocenters. The Hall–Kier alpha value is -0.420. The van der Waals surface area contributed by atoms with Gasteiger partial charge in [-0.3, -0.25) is 0 Å². The molecule has 28 heavy (non-hydrogen) atoms. The lowest BCUT2D eigenvalue weighted by molar-refractivity contribution is -0.238. The van der Waals surface area contributed by atoms with Crippen LogP contribution in [-0.2, 0) is 9.47 Å². The van der Waals surface area contributed by atoms with Gasteiger partial charge in [-0.2, -0.15) is 0 Å². The van der Waals surface area contributed by atoms with Crippen LogP contribution in [0.3, 0.4) is 0 Å². The van der Waals surface area contributed by atoms with Crippen molar-refractivity contribution < 1.29 is 19.7 Å². The van der Waals surface area contributed by atoms with E-state index in [4.69, 9.17) is 9.47 Å². The topological polar surface area (TPSA) is 58.9 Å². The van der Waals surface area contributed by atoms with Crippen LogP contribution in [0, 0.1) is 34.5 Å². The molecule has 4 heteroatoms. The van der Waals surface area contributed by atoms with E-state index in [2.05, 4.69) is 33.8 Å². The summed E-state index contributed by atoms with van der Waals surface area (Å²) >= 11 is 0. The number of aliphatic hydroxyl groups excluding tert-OH is 1. The van der Waals surface area contributed by atoms with Crippen molar-refractivity contribution in [1.29, 1.82) is 0 Å². The fourth-order valence-electron chi connectivity index (χ4n) is 9.01. The van der Waals surface area contributed by atoms with Crippen LogP contribution < -0.4 is 0 Å². The zero-order valence-electron chi connectivity index (χ0n) is 18.0. The van der Waals surface area contributed by atoms with Gasteiger partial charge >= 0.3 is 0 Å². The largest absolute Gasteiger partial charge is 0.393 e. The van der Waals surface area contributed by atoms with Crippen LogP contribution in [0.4, 0.5) is 0 Å². The molecule has 0 aromatic carbocycles. The Kier molecular flexibility index (Phi) is 4.23. The van der Waals surface area contributed by atoms with E-state index in [-0.39, 0.29) is 22.9 Å². The summed E-state index contributed by atoms with van der Waals surface area (Å²) in [5.41, 5.74) is 0.763. The third-order valence-electron chi connectivity index (χ3n) is 9.77. The van der Waals surface area contributed by atoms with Gasteiger partial charge in [0.15, 0.2) is 5.79 Å². The Labute approximate surface area is 169 Å². The Morgan fingerprint density at radius 2 is 1.75 bits per heavy atom. The minimum atomic E-state index is -0.704. The van der Waals surface area contributed by atoms with E-state index in [0.29, 0.717) is 31.0 Å². The predicted octanol–water partition coefficient (Wildman–Crippen LogP) is 4.05. The summed E-state index contributed by atoms with van der Waals surface area (Å²) in [6.07, 6.45) is 9.08. The van der Waals surface area contributed by atoms with Crippen LogP contribution in [-0.4, -0.2) is 40.9 Å². The molecule has 2 N–H and O–H groups in total. The number of rotatable bonds is 1. The lowest BCUT2D eigenvalue weighted by atomic mass is 9.43. The second-order valence-corrected chi connectivity index (χ2v) is 11.4. The van der Waals surface area contributed by atoms with Gasteiger partial charge in [-0.15, -0.1) is 0 Å². The molecule has 8 atom stereocenters. The van der Waals surface area contributed by atoms with Crippen molar-refractivity contribution in [3.05, 3.63) is 11.6 Å². The highest BCUT2D eigenvalue weighted by Gasteiger charge is 2.67. The van der Waals surface area contributed by atoms with Crippen molar-refractivity contribution >= 4 is 0 Å². The molecule has 158 valence electrons. The first-order valence-corrected chi connectivity index (χ1v) is 11.5. The van der Waals surface area contributed by atoms with Crippen LogP contribution >= 0.6 is 0 Å². The maximum Gasteiger partial charge on any atom is 0.169 e. The van der Waals surface area contributed by atoms with Gasteiger partial charge in [0.1, 0.15) is 0 Å². The quantitative estimate of drug-likeness (QED) is 0.663. The second-order valence-electron chi connectivity index (χ2n) is 11.4. The van der Waals surface area contributed by atoms with E-state index >= 15 is 0 Å². The van der Waals surface area contributed by atoms with Crippen LogP contribution in [0.5, 0.6) is 0 Å². The van der Waals surface area contributed by atoms with Gasteiger partial charge in [0.05, 0.1) is 24.9 Å². The third-order valence-corrected chi connectivity index (χ3v) is 9.77. The molecule has 4 aliphatic carbocycles. The predicted molar refractivity (Wildman–Crippen MR) is 108 cm³/mol. The first-order chi connectivity index (χ1) is 13.1. The molecule has 5 rings (SSSR count). The van der Waals surface area contributed by atoms with Crippen LogP contribution in [0.25, 0.3) is 0 Å². The van der Waals surface area contributed by atoms with Gasteiger partial charge in [-0.1, -0.05) is 25.5 Å². The zero-order chi connectivity index (χ0) is 19.9. The fourth-order valence-corrected chi connectivity index (χ4v) is 9.01. The van der Waals surface area contributed by atoms with Gasteiger partial charge in [0.2, 0.25) is 0 Å². The average Bonchev–Trinajstić information content (AvgIpc) is 3.18. The Morgan fingerprint density at radius 1 is 1.04 bits per heavy atom. The molecule has 0 aromatic heterocycles. The highest BCUT2D eigenvalue weighted by molar-refractivity contribution is 5.28. The third kappa shape index (κ3) is 2.50.